The molecule has 5 heteroatoms. The van der Waals surface area contributed by atoms with Gasteiger partial charge in [-0.2, -0.15) is 0 Å². The first-order valence-electron chi connectivity index (χ1n) is 9.05. The fourth-order valence-corrected chi connectivity index (χ4v) is 3.79. The van der Waals surface area contributed by atoms with Crippen molar-refractivity contribution in [1.82, 2.24) is 0 Å². The minimum absolute atomic E-state index is 0.0881. The van der Waals surface area contributed by atoms with Crippen molar-refractivity contribution < 1.29 is 18.6 Å². The minimum Gasteiger partial charge on any atom is -0.414 e. The van der Waals surface area contributed by atoms with Gasteiger partial charge in [0.25, 0.3) is 0 Å². The van der Waals surface area contributed by atoms with Crippen molar-refractivity contribution in [3.63, 3.8) is 0 Å². The maximum Gasteiger partial charge on any atom is 0.192 e. The maximum absolute atomic E-state index is 6.35. The van der Waals surface area contributed by atoms with Gasteiger partial charge in [-0.05, 0) is 29.8 Å². The molecule has 3 rings (SSSR count). The number of rotatable bonds is 6. The average Bonchev–Trinajstić information content (AvgIpc) is 2.89. The van der Waals surface area contributed by atoms with Crippen LogP contribution in [0.1, 0.15) is 26.3 Å². The molecule has 1 fully saturated rings. The Hall–Kier alpha value is -0.983. The number of benzene rings is 1. The summed E-state index contributed by atoms with van der Waals surface area (Å²) in [6.45, 7) is 12.4. The molecular formula is C20H30O4Si. The number of hydrogen-bond acceptors (Lipinski definition) is 4. The highest BCUT2D eigenvalue weighted by atomic mass is 28.4. The van der Waals surface area contributed by atoms with Crippen LogP contribution in [0.25, 0.3) is 0 Å². The van der Waals surface area contributed by atoms with Crippen LogP contribution in [-0.2, 0) is 25.2 Å². The van der Waals surface area contributed by atoms with Crippen LogP contribution < -0.4 is 0 Å². The van der Waals surface area contributed by atoms with Crippen LogP contribution >= 0.6 is 0 Å². The van der Waals surface area contributed by atoms with E-state index in [1.165, 1.54) is 0 Å². The summed E-state index contributed by atoms with van der Waals surface area (Å²) in [5.74, 6) is 0. The third-order valence-electron chi connectivity index (χ3n) is 5.45. The Bertz CT molecular complexity index is 593. The molecule has 4 nitrogen and oxygen atoms in total. The van der Waals surface area contributed by atoms with Gasteiger partial charge in [-0.25, -0.2) is 0 Å². The Morgan fingerprint density at radius 2 is 1.76 bits per heavy atom. The quantitative estimate of drug-likeness (QED) is 0.559. The van der Waals surface area contributed by atoms with Crippen LogP contribution in [0.3, 0.4) is 0 Å². The molecule has 25 heavy (non-hydrogen) atoms. The van der Waals surface area contributed by atoms with Gasteiger partial charge in [-0.15, -0.1) is 0 Å². The van der Waals surface area contributed by atoms with E-state index in [9.17, 15) is 0 Å². The van der Waals surface area contributed by atoms with Crippen molar-refractivity contribution in [2.24, 2.45) is 0 Å². The van der Waals surface area contributed by atoms with Gasteiger partial charge in [-0.1, -0.05) is 57.2 Å². The second kappa shape index (κ2) is 7.33. The highest BCUT2D eigenvalue weighted by Gasteiger charge is 2.45. The maximum atomic E-state index is 6.35. The summed E-state index contributed by atoms with van der Waals surface area (Å²) in [7, 11) is -1.81. The molecule has 0 aliphatic carbocycles. The first kappa shape index (κ1) is 18.8. The Labute approximate surface area is 152 Å². The zero-order valence-corrected chi connectivity index (χ0v) is 16.9. The van der Waals surface area contributed by atoms with Gasteiger partial charge < -0.3 is 18.6 Å². The molecule has 0 N–H and O–H groups in total. The van der Waals surface area contributed by atoms with Crippen LogP contribution in [0.15, 0.2) is 42.5 Å². The lowest BCUT2D eigenvalue weighted by Gasteiger charge is -2.37. The van der Waals surface area contributed by atoms with Crippen molar-refractivity contribution in [1.29, 1.82) is 0 Å². The molecule has 0 radical (unpaired) electrons. The van der Waals surface area contributed by atoms with E-state index in [0.717, 1.165) is 5.56 Å². The van der Waals surface area contributed by atoms with Gasteiger partial charge in [0.05, 0.1) is 13.2 Å². The first-order chi connectivity index (χ1) is 11.8. The number of fused-ring (bicyclic) bond motifs is 2. The third kappa shape index (κ3) is 4.41. The van der Waals surface area contributed by atoms with Crippen molar-refractivity contribution in [3.05, 3.63) is 48.0 Å². The van der Waals surface area contributed by atoms with E-state index in [4.69, 9.17) is 18.6 Å². The lowest BCUT2D eigenvalue weighted by atomic mass is 10.1. The summed E-state index contributed by atoms with van der Waals surface area (Å²) >= 11 is 0. The zero-order valence-electron chi connectivity index (χ0n) is 15.9. The topological polar surface area (TPSA) is 36.9 Å². The van der Waals surface area contributed by atoms with Crippen molar-refractivity contribution >= 4 is 8.32 Å². The molecule has 0 spiro atoms. The Balaban J connectivity index is 1.58. The standard InChI is InChI=1S/C20H30O4Si/c1-20(2,3)25(4,5)22-14-17-19-16(11-12-18(23-17)24-19)21-13-15-9-7-6-8-10-15/h6-12,16-19H,13-14H2,1-5H3/t16-,17+,18-,19+/m0/s1. The molecule has 2 heterocycles. The highest BCUT2D eigenvalue weighted by Crippen LogP contribution is 2.38. The number of ether oxygens (including phenoxy) is 3. The van der Waals surface area contributed by atoms with E-state index >= 15 is 0 Å². The Morgan fingerprint density at radius 1 is 1.04 bits per heavy atom. The molecule has 1 saturated heterocycles. The summed E-state index contributed by atoms with van der Waals surface area (Å²) in [5, 5.41) is 0.184. The first-order valence-corrected chi connectivity index (χ1v) is 12.0. The van der Waals surface area contributed by atoms with Gasteiger partial charge in [-0.3, -0.25) is 0 Å². The summed E-state index contributed by atoms with van der Waals surface area (Å²) in [6.07, 6.45) is 3.44. The highest BCUT2D eigenvalue weighted by molar-refractivity contribution is 6.74. The van der Waals surface area contributed by atoms with E-state index in [1.54, 1.807) is 0 Å². The summed E-state index contributed by atoms with van der Waals surface area (Å²) < 4.78 is 24.4. The van der Waals surface area contributed by atoms with Gasteiger partial charge >= 0.3 is 0 Å². The molecule has 2 aliphatic heterocycles. The van der Waals surface area contributed by atoms with Crippen LogP contribution in [0.2, 0.25) is 18.1 Å². The molecule has 138 valence electrons. The smallest absolute Gasteiger partial charge is 0.192 e. The van der Waals surface area contributed by atoms with Crippen molar-refractivity contribution in [3.8, 4) is 0 Å². The predicted octanol–water partition coefficient (Wildman–Crippen LogP) is 4.27. The fraction of sp³-hybridized carbons (Fsp3) is 0.600. The van der Waals surface area contributed by atoms with Gasteiger partial charge in [0, 0.05) is 0 Å². The summed E-state index contributed by atoms with van der Waals surface area (Å²) in [4.78, 5) is 0. The lowest BCUT2D eigenvalue weighted by molar-refractivity contribution is -0.0749. The van der Waals surface area contributed by atoms with Crippen LogP contribution in [-0.4, -0.2) is 39.5 Å². The minimum atomic E-state index is -1.81. The predicted molar refractivity (Wildman–Crippen MR) is 101 cm³/mol. The third-order valence-corrected chi connectivity index (χ3v) is 9.95. The average molecular weight is 363 g/mol. The molecule has 1 aromatic rings. The molecule has 2 bridgehead atoms. The summed E-state index contributed by atoms with van der Waals surface area (Å²) in [6, 6.07) is 10.2. The van der Waals surface area contributed by atoms with Crippen molar-refractivity contribution in [2.45, 2.75) is 70.1 Å². The molecule has 2 aliphatic rings. The van der Waals surface area contributed by atoms with Gasteiger partial charge in [0.15, 0.2) is 14.6 Å². The molecule has 4 atom stereocenters. The Morgan fingerprint density at radius 3 is 2.44 bits per heavy atom. The van der Waals surface area contributed by atoms with Crippen LogP contribution in [0.4, 0.5) is 0 Å². The molecule has 0 aromatic heterocycles. The van der Waals surface area contributed by atoms with Crippen LogP contribution in [0, 0.1) is 0 Å². The molecule has 1 aromatic carbocycles. The Kier molecular flexibility index (Phi) is 5.51. The molecule has 0 saturated carbocycles. The van der Waals surface area contributed by atoms with E-state index in [1.807, 2.05) is 24.3 Å². The number of hydrogen-bond donors (Lipinski definition) is 0. The van der Waals surface area contributed by atoms with E-state index in [0.29, 0.717) is 13.2 Å². The molecular weight excluding hydrogens is 332 g/mol. The van der Waals surface area contributed by atoms with Crippen molar-refractivity contribution in [2.75, 3.05) is 6.61 Å². The van der Waals surface area contributed by atoms with E-state index in [-0.39, 0.29) is 29.6 Å². The fourth-order valence-electron chi connectivity index (χ4n) is 2.77. The molecule has 0 unspecified atom stereocenters. The SMILES string of the molecule is CC(C)(C)[Si](C)(C)OC[C@H]1O[C@@H]2C=C[C@H](OCc3ccccc3)[C@H]1O2. The normalized spacial score (nSPS) is 29.2. The van der Waals surface area contributed by atoms with E-state index in [2.05, 4.69) is 52.1 Å². The van der Waals surface area contributed by atoms with Crippen LogP contribution in [0.5, 0.6) is 0 Å². The van der Waals surface area contributed by atoms with E-state index < -0.39 is 8.32 Å². The second-order valence-electron chi connectivity index (χ2n) is 8.36. The van der Waals surface area contributed by atoms with Gasteiger partial charge in [0.1, 0.15) is 18.3 Å². The van der Waals surface area contributed by atoms with Gasteiger partial charge in [0.2, 0.25) is 0 Å². The monoisotopic (exact) mass is 362 g/mol. The summed E-state index contributed by atoms with van der Waals surface area (Å²) in [5.41, 5.74) is 1.16. The lowest BCUT2D eigenvalue weighted by Crippen LogP contribution is -2.45. The zero-order chi connectivity index (χ0) is 18.1. The molecule has 0 amide bonds. The largest absolute Gasteiger partial charge is 0.414 e. The second-order valence-corrected chi connectivity index (χ2v) is 13.2.